The standard InChI is InChI=1S/C28H37NO9/c1-16-10-11-20-17(2)25(35-26-28(20)19(16)14-15-27(3,36-26)37-38-28)34-22(31)13-12-21(30)29-23(24(32)33-4)18-8-6-5-7-9-18/h5-9,16-17,19-20,23,25-26H,10-15H2,1-4H3,(H,29,30)/t16-,17-,19+,20+,23+,25-,26-,27-,28-/m1/s1. The minimum Gasteiger partial charge on any atom is -0.467 e. The summed E-state index contributed by atoms with van der Waals surface area (Å²) in [4.78, 5) is 49.6. The Labute approximate surface area is 222 Å². The smallest absolute Gasteiger partial charge is 0.333 e. The number of hydrogen-bond donors (Lipinski definition) is 1. The maximum Gasteiger partial charge on any atom is 0.333 e. The largest absolute Gasteiger partial charge is 0.467 e. The highest BCUT2D eigenvalue weighted by atomic mass is 17.3. The molecule has 6 rings (SSSR count). The molecule has 10 nitrogen and oxygen atoms in total. The fraction of sp³-hybridized carbons (Fsp3) is 0.679. The van der Waals surface area contributed by atoms with Gasteiger partial charge >= 0.3 is 11.9 Å². The van der Waals surface area contributed by atoms with Crippen molar-refractivity contribution in [1.29, 1.82) is 0 Å². The van der Waals surface area contributed by atoms with E-state index in [2.05, 4.69) is 12.2 Å². The highest BCUT2D eigenvalue weighted by molar-refractivity contribution is 5.87. The lowest BCUT2D eigenvalue weighted by molar-refractivity contribution is -0.576. The van der Waals surface area contributed by atoms with Crippen LogP contribution in [0, 0.1) is 23.7 Å². The first-order chi connectivity index (χ1) is 18.2. The monoisotopic (exact) mass is 531 g/mol. The topological polar surface area (TPSA) is 119 Å². The molecule has 1 N–H and O–H groups in total. The molecule has 38 heavy (non-hydrogen) atoms. The quantitative estimate of drug-likeness (QED) is 0.416. The second kappa shape index (κ2) is 10.6. The zero-order valence-electron chi connectivity index (χ0n) is 22.3. The van der Waals surface area contributed by atoms with E-state index in [4.69, 9.17) is 28.7 Å². The number of nitrogens with one attached hydrogen (secondary N) is 1. The van der Waals surface area contributed by atoms with Crippen LogP contribution in [-0.4, -0.2) is 48.9 Å². The normalized spacial score (nSPS) is 38.3. The molecule has 0 radical (unpaired) electrons. The molecule has 1 aromatic rings. The predicted octanol–water partition coefficient (Wildman–Crippen LogP) is 3.55. The second-order valence-electron chi connectivity index (χ2n) is 11.2. The lowest BCUT2D eigenvalue weighted by Crippen LogP contribution is -2.70. The van der Waals surface area contributed by atoms with E-state index in [1.54, 1.807) is 24.3 Å². The van der Waals surface area contributed by atoms with Crippen LogP contribution in [0.4, 0.5) is 0 Å². The number of benzene rings is 1. The Balaban J connectivity index is 1.21. The molecule has 4 heterocycles. The minimum atomic E-state index is -0.962. The van der Waals surface area contributed by atoms with Gasteiger partial charge in [-0.25, -0.2) is 14.6 Å². The molecule has 1 saturated carbocycles. The first kappa shape index (κ1) is 27.1. The Bertz CT molecular complexity index is 1050. The maximum atomic E-state index is 12.8. The molecular formula is C28H37NO9. The van der Waals surface area contributed by atoms with Crippen LogP contribution in [0.2, 0.25) is 0 Å². The molecule has 0 unspecified atom stereocenters. The van der Waals surface area contributed by atoms with Crippen molar-refractivity contribution in [3.05, 3.63) is 35.9 Å². The van der Waals surface area contributed by atoms with Crippen molar-refractivity contribution in [2.24, 2.45) is 23.7 Å². The summed E-state index contributed by atoms with van der Waals surface area (Å²) >= 11 is 0. The van der Waals surface area contributed by atoms with E-state index in [0.29, 0.717) is 17.9 Å². The molecule has 5 fully saturated rings. The van der Waals surface area contributed by atoms with Crippen LogP contribution in [0.15, 0.2) is 30.3 Å². The lowest BCUT2D eigenvalue weighted by Gasteiger charge is -2.59. The highest BCUT2D eigenvalue weighted by Gasteiger charge is 2.69. The molecule has 0 aromatic heterocycles. The average molecular weight is 532 g/mol. The zero-order valence-corrected chi connectivity index (χ0v) is 22.3. The summed E-state index contributed by atoms with van der Waals surface area (Å²) in [5, 5.41) is 2.65. The summed E-state index contributed by atoms with van der Waals surface area (Å²) in [5.41, 5.74) is -0.151. The van der Waals surface area contributed by atoms with E-state index < -0.39 is 47.9 Å². The van der Waals surface area contributed by atoms with E-state index in [9.17, 15) is 14.4 Å². The summed E-state index contributed by atoms with van der Waals surface area (Å²) in [7, 11) is 1.26. The fourth-order valence-electron chi connectivity index (χ4n) is 6.69. The Kier molecular flexibility index (Phi) is 7.52. The van der Waals surface area contributed by atoms with Crippen molar-refractivity contribution in [2.75, 3.05) is 7.11 Å². The molecule has 1 amide bonds. The molecule has 208 valence electrons. The summed E-state index contributed by atoms with van der Waals surface area (Å²) in [6, 6.07) is 7.82. The van der Waals surface area contributed by atoms with Gasteiger partial charge in [0.2, 0.25) is 18.0 Å². The van der Waals surface area contributed by atoms with Gasteiger partial charge in [0.1, 0.15) is 0 Å². The number of hydrogen-bond acceptors (Lipinski definition) is 9. The fourth-order valence-corrected chi connectivity index (χ4v) is 6.69. The second-order valence-corrected chi connectivity index (χ2v) is 11.2. The van der Waals surface area contributed by atoms with Crippen LogP contribution >= 0.6 is 0 Å². The third-order valence-corrected chi connectivity index (χ3v) is 8.78. The average Bonchev–Trinajstić information content (AvgIpc) is 3.14. The molecular weight excluding hydrogens is 494 g/mol. The van der Waals surface area contributed by atoms with E-state index in [0.717, 1.165) is 19.3 Å². The Morgan fingerprint density at radius 3 is 2.55 bits per heavy atom. The van der Waals surface area contributed by atoms with E-state index in [1.807, 2.05) is 19.9 Å². The predicted molar refractivity (Wildman–Crippen MR) is 131 cm³/mol. The third-order valence-electron chi connectivity index (χ3n) is 8.78. The number of carbonyl (C=O) groups is 3. The van der Waals surface area contributed by atoms with Crippen molar-refractivity contribution >= 4 is 17.8 Å². The van der Waals surface area contributed by atoms with Gasteiger partial charge < -0.3 is 24.3 Å². The number of methoxy groups -OCH3 is 1. The van der Waals surface area contributed by atoms with Crippen molar-refractivity contribution in [1.82, 2.24) is 5.32 Å². The van der Waals surface area contributed by atoms with Gasteiger partial charge in [0, 0.05) is 24.7 Å². The third kappa shape index (κ3) is 4.83. The van der Waals surface area contributed by atoms with Crippen LogP contribution in [0.3, 0.4) is 0 Å². The van der Waals surface area contributed by atoms with E-state index in [1.165, 1.54) is 7.11 Å². The van der Waals surface area contributed by atoms with Gasteiger partial charge in [-0.2, -0.15) is 0 Å². The molecule has 4 aliphatic heterocycles. The van der Waals surface area contributed by atoms with Gasteiger partial charge in [-0.15, -0.1) is 0 Å². The highest BCUT2D eigenvalue weighted by Crippen LogP contribution is 2.60. The summed E-state index contributed by atoms with van der Waals surface area (Å²) in [5.74, 6) is -2.03. The van der Waals surface area contributed by atoms with Crippen LogP contribution in [0.1, 0.15) is 70.9 Å². The van der Waals surface area contributed by atoms with Crippen LogP contribution in [-0.2, 0) is 43.1 Å². The molecule has 10 heteroatoms. The summed E-state index contributed by atoms with van der Waals surface area (Å²) in [6.45, 7) is 6.08. The molecule has 5 aliphatic rings. The van der Waals surface area contributed by atoms with Crippen molar-refractivity contribution in [3.63, 3.8) is 0 Å². The maximum absolute atomic E-state index is 12.8. The Morgan fingerprint density at radius 2 is 1.82 bits per heavy atom. The zero-order chi connectivity index (χ0) is 27.1. The summed E-state index contributed by atoms with van der Waals surface area (Å²) < 4.78 is 23.1. The first-order valence-corrected chi connectivity index (χ1v) is 13.5. The minimum absolute atomic E-state index is 0.0258. The van der Waals surface area contributed by atoms with E-state index in [-0.39, 0.29) is 30.6 Å². The van der Waals surface area contributed by atoms with Gasteiger partial charge in [0.15, 0.2) is 17.9 Å². The number of esters is 2. The number of amides is 1. The van der Waals surface area contributed by atoms with Crippen LogP contribution in [0.25, 0.3) is 0 Å². The van der Waals surface area contributed by atoms with Gasteiger partial charge in [-0.3, -0.25) is 9.59 Å². The van der Waals surface area contributed by atoms with Crippen molar-refractivity contribution < 1.29 is 43.1 Å². The number of fused-ring (bicyclic) bond motifs is 2. The molecule has 1 aromatic carbocycles. The van der Waals surface area contributed by atoms with Crippen molar-refractivity contribution in [3.8, 4) is 0 Å². The van der Waals surface area contributed by atoms with Gasteiger partial charge in [0.05, 0.1) is 13.5 Å². The van der Waals surface area contributed by atoms with Crippen molar-refractivity contribution in [2.45, 2.75) is 89.3 Å². The summed E-state index contributed by atoms with van der Waals surface area (Å²) in [6.07, 6.45) is 1.66. The Morgan fingerprint density at radius 1 is 1.05 bits per heavy atom. The van der Waals surface area contributed by atoms with Gasteiger partial charge in [-0.05, 0) is 43.6 Å². The first-order valence-electron chi connectivity index (χ1n) is 13.5. The number of ether oxygens (including phenoxy) is 4. The number of carbonyl (C=O) groups excluding carboxylic acids is 3. The van der Waals surface area contributed by atoms with Gasteiger partial charge in [-0.1, -0.05) is 44.2 Å². The lowest BCUT2D eigenvalue weighted by atomic mass is 9.58. The van der Waals surface area contributed by atoms with Crippen LogP contribution in [0.5, 0.6) is 0 Å². The molecule has 9 atom stereocenters. The Hall–Kier alpha value is -2.53. The SMILES string of the molecule is COC(=O)[C@@H](NC(=O)CCC(=O)O[C@@H]1O[C@@H]2O[C@@]3(C)CC[C@H]4[C@H](C)CC[C@@H]([C@H]1C)[C@@]24OO3)c1ccccc1. The molecule has 4 saturated heterocycles. The van der Waals surface area contributed by atoms with E-state index >= 15 is 0 Å². The number of rotatable bonds is 7. The molecule has 2 bridgehead atoms. The van der Waals surface area contributed by atoms with Crippen LogP contribution < -0.4 is 5.32 Å². The molecule has 1 aliphatic carbocycles. The van der Waals surface area contributed by atoms with Gasteiger partial charge in [0.25, 0.3) is 0 Å². The molecule has 1 spiro atoms.